The summed E-state index contributed by atoms with van der Waals surface area (Å²) in [7, 11) is -3.23. The predicted molar refractivity (Wildman–Crippen MR) is 83.0 cm³/mol. The molecule has 0 radical (unpaired) electrons. The van der Waals surface area contributed by atoms with Crippen molar-refractivity contribution in [3.63, 3.8) is 0 Å². The summed E-state index contributed by atoms with van der Waals surface area (Å²) in [5, 5.41) is 4.02. The maximum Gasteiger partial charge on any atom is 0.214 e. The lowest BCUT2D eigenvalue weighted by atomic mass is 10.1. The second-order valence-electron chi connectivity index (χ2n) is 4.87. The van der Waals surface area contributed by atoms with E-state index in [9.17, 15) is 8.42 Å². The van der Waals surface area contributed by atoms with Crippen LogP contribution in [0.25, 0.3) is 0 Å². The monoisotopic (exact) mass is 336 g/mol. The third kappa shape index (κ3) is 4.33. The molecule has 20 heavy (non-hydrogen) atoms. The largest absolute Gasteiger partial charge is 0.317 e. The van der Waals surface area contributed by atoms with Gasteiger partial charge in [-0.25, -0.2) is 13.1 Å². The summed E-state index contributed by atoms with van der Waals surface area (Å²) in [5.74, 6) is 0. The number of hydrogen-bond acceptors (Lipinski definition) is 3. The summed E-state index contributed by atoms with van der Waals surface area (Å²) in [6.45, 7) is 1.87. The SMILES string of the molecule is O=S(=O)(NCCc1ccc(Cl)cc1Cl)C1CCNCC1. The van der Waals surface area contributed by atoms with Crippen molar-refractivity contribution in [2.24, 2.45) is 0 Å². The van der Waals surface area contributed by atoms with Crippen LogP contribution < -0.4 is 10.0 Å². The van der Waals surface area contributed by atoms with Crippen LogP contribution >= 0.6 is 23.2 Å². The fraction of sp³-hybridized carbons (Fsp3) is 0.538. The molecule has 0 saturated carbocycles. The Kier molecular flexibility index (Phi) is 5.69. The molecule has 0 aromatic heterocycles. The van der Waals surface area contributed by atoms with E-state index in [-0.39, 0.29) is 5.25 Å². The number of hydrogen-bond donors (Lipinski definition) is 2. The van der Waals surface area contributed by atoms with Crippen molar-refractivity contribution in [3.8, 4) is 0 Å². The Balaban J connectivity index is 1.88. The molecule has 1 aromatic carbocycles. The molecule has 0 bridgehead atoms. The lowest BCUT2D eigenvalue weighted by Crippen LogP contribution is -2.42. The average Bonchev–Trinajstić information content (AvgIpc) is 2.42. The summed E-state index contributed by atoms with van der Waals surface area (Å²) in [5.41, 5.74) is 0.893. The molecule has 4 nitrogen and oxygen atoms in total. The summed E-state index contributed by atoms with van der Waals surface area (Å²) >= 11 is 11.9. The molecule has 1 fully saturated rings. The van der Waals surface area contributed by atoms with Crippen molar-refractivity contribution in [1.29, 1.82) is 0 Å². The number of sulfonamides is 1. The van der Waals surface area contributed by atoms with Crippen LogP contribution in [0.1, 0.15) is 18.4 Å². The van der Waals surface area contributed by atoms with E-state index in [0.717, 1.165) is 18.7 Å². The lowest BCUT2D eigenvalue weighted by molar-refractivity contribution is 0.489. The zero-order valence-electron chi connectivity index (χ0n) is 11.0. The summed E-state index contributed by atoms with van der Waals surface area (Å²) in [6.07, 6.45) is 1.88. The zero-order valence-corrected chi connectivity index (χ0v) is 13.4. The first-order valence-corrected chi connectivity index (χ1v) is 8.92. The van der Waals surface area contributed by atoms with Crippen molar-refractivity contribution in [2.75, 3.05) is 19.6 Å². The van der Waals surface area contributed by atoms with Gasteiger partial charge in [0.05, 0.1) is 5.25 Å². The molecule has 1 saturated heterocycles. The van der Waals surface area contributed by atoms with Gasteiger partial charge in [-0.3, -0.25) is 0 Å². The predicted octanol–water partition coefficient (Wildman–Crippen LogP) is 2.21. The Morgan fingerprint density at radius 1 is 1.25 bits per heavy atom. The molecule has 1 aliphatic rings. The highest BCUT2D eigenvalue weighted by atomic mass is 35.5. The maximum absolute atomic E-state index is 12.1. The summed E-state index contributed by atoms with van der Waals surface area (Å²) < 4.78 is 26.9. The number of piperidine rings is 1. The second-order valence-corrected chi connectivity index (χ2v) is 7.76. The van der Waals surface area contributed by atoms with Gasteiger partial charge in [0, 0.05) is 16.6 Å². The third-order valence-corrected chi connectivity index (χ3v) is 5.98. The van der Waals surface area contributed by atoms with E-state index in [1.54, 1.807) is 12.1 Å². The number of benzene rings is 1. The molecule has 2 N–H and O–H groups in total. The average molecular weight is 337 g/mol. The number of halogens is 2. The maximum atomic E-state index is 12.1. The number of rotatable bonds is 5. The van der Waals surface area contributed by atoms with E-state index >= 15 is 0 Å². The van der Waals surface area contributed by atoms with Gasteiger partial charge in [-0.05, 0) is 50.0 Å². The van der Waals surface area contributed by atoms with E-state index in [1.165, 1.54) is 0 Å². The number of nitrogens with one attached hydrogen (secondary N) is 2. The molecule has 1 heterocycles. The van der Waals surface area contributed by atoms with Gasteiger partial charge in [0.15, 0.2) is 0 Å². The molecule has 0 amide bonds. The Hall–Kier alpha value is -0.330. The first kappa shape index (κ1) is 16.0. The van der Waals surface area contributed by atoms with Crippen molar-refractivity contribution in [2.45, 2.75) is 24.5 Å². The summed E-state index contributed by atoms with van der Waals surface area (Å²) in [6, 6.07) is 5.24. The van der Waals surface area contributed by atoms with E-state index < -0.39 is 10.0 Å². The summed E-state index contributed by atoms with van der Waals surface area (Å²) in [4.78, 5) is 0. The van der Waals surface area contributed by atoms with Crippen LogP contribution in [0.4, 0.5) is 0 Å². The molecule has 0 unspecified atom stereocenters. The van der Waals surface area contributed by atoms with Crippen molar-refractivity contribution in [1.82, 2.24) is 10.0 Å². The van der Waals surface area contributed by atoms with Gasteiger partial charge in [-0.1, -0.05) is 29.3 Å². The van der Waals surface area contributed by atoms with Crippen molar-refractivity contribution in [3.05, 3.63) is 33.8 Å². The minimum absolute atomic E-state index is 0.288. The topological polar surface area (TPSA) is 58.2 Å². The van der Waals surface area contributed by atoms with Crippen LogP contribution in [0.2, 0.25) is 10.0 Å². The smallest absolute Gasteiger partial charge is 0.214 e. The molecular weight excluding hydrogens is 319 g/mol. The first-order valence-electron chi connectivity index (χ1n) is 6.62. The minimum atomic E-state index is -3.23. The quantitative estimate of drug-likeness (QED) is 0.866. The van der Waals surface area contributed by atoms with Gasteiger partial charge in [0.2, 0.25) is 10.0 Å². The van der Waals surface area contributed by atoms with E-state index in [0.29, 0.717) is 35.9 Å². The van der Waals surface area contributed by atoms with Crippen LogP contribution in [-0.2, 0) is 16.4 Å². The Labute approximate surface area is 129 Å². The molecule has 7 heteroatoms. The van der Waals surface area contributed by atoms with E-state index in [2.05, 4.69) is 10.0 Å². The molecule has 2 rings (SSSR count). The van der Waals surface area contributed by atoms with Gasteiger partial charge < -0.3 is 5.32 Å². The second kappa shape index (κ2) is 7.09. The van der Waals surface area contributed by atoms with Crippen LogP contribution in [0.5, 0.6) is 0 Å². The molecule has 0 spiro atoms. The van der Waals surface area contributed by atoms with Gasteiger partial charge in [-0.15, -0.1) is 0 Å². The molecule has 0 aliphatic carbocycles. The van der Waals surface area contributed by atoms with Gasteiger partial charge >= 0.3 is 0 Å². The molecule has 0 atom stereocenters. The highest BCUT2D eigenvalue weighted by Crippen LogP contribution is 2.21. The molecular formula is C13H18Cl2N2O2S. The minimum Gasteiger partial charge on any atom is -0.317 e. The Bertz CT molecular complexity index is 557. The van der Waals surface area contributed by atoms with E-state index in [1.807, 2.05) is 6.07 Å². The third-order valence-electron chi connectivity index (χ3n) is 3.44. The van der Waals surface area contributed by atoms with Crippen molar-refractivity contribution < 1.29 is 8.42 Å². The Morgan fingerprint density at radius 2 is 1.95 bits per heavy atom. The zero-order chi connectivity index (χ0) is 14.6. The Morgan fingerprint density at radius 3 is 2.60 bits per heavy atom. The molecule has 112 valence electrons. The normalized spacial score (nSPS) is 17.3. The highest BCUT2D eigenvalue weighted by molar-refractivity contribution is 7.90. The van der Waals surface area contributed by atoms with Crippen molar-refractivity contribution >= 4 is 33.2 Å². The fourth-order valence-corrected chi connectivity index (χ4v) is 4.26. The van der Waals surface area contributed by atoms with E-state index in [4.69, 9.17) is 23.2 Å². The van der Waals surface area contributed by atoms with Gasteiger partial charge in [0.25, 0.3) is 0 Å². The van der Waals surface area contributed by atoms with Crippen LogP contribution in [0, 0.1) is 0 Å². The molecule has 1 aliphatic heterocycles. The fourth-order valence-electron chi connectivity index (χ4n) is 2.28. The first-order chi connectivity index (χ1) is 9.49. The highest BCUT2D eigenvalue weighted by Gasteiger charge is 2.26. The van der Waals surface area contributed by atoms with Gasteiger partial charge in [-0.2, -0.15) is 0 Å². The lowest BCUT2D eigenvalue weighted by Gasteiger charge is -2.22. The van der Waals surface area contributed by atoms with Gasteiger partial charge in [0.1, 0.15) is 0 Å². The standard InChI is InChI=1S/C13H18Cl2N2O2S/c14-11-2-1-10(13(15)9-11)3-8-17-20(18,19)12-4-6-16-7-5-12/h1-2,9,12,16-17H,3-8H2. The molecule has 1 aromatic rings. The van der Waals surface area contributed by atoms with Crippen LogP contribution in [-0.4, -0.2) is 33.3 Å². The van der Waals surface area contributed by atoms with Crippen LogP contribution in [0.15, 0.2) is 18.2 Å². The van der Waals surface area contributed by atoms with Crippen LogP contribution in [0.3, 0.4) is 0 Å².